The molecule has 4 heteroatoms. The van der Waals surface area contributed by atoms with Crippen LogP contribution in [0.5, 0.6) is 0 Å². The van der Waals surface area contributed by atoms with Crippen LogP contribution >= 0.6 is 0 Å². The third-order valence-corrected chi connectivity index (χ3v) is 5.20. The third kappa shape index (κ3) is 4.05. The summed E-state index contributed by atoms with van der Waals surface area (Å²) in [7, 11) is 0. The van der Waals surface area contributed by atoms with Crippen LogP contribution in [0.15, 0.2) is 49.1 Å². The van der Waals surface area contributed by atoms with Crippen molar-refractivity contribution >= 4 is 5.91 Å². The van der Waals surface area contributed by atoms with Gasteiger partial charge in [-0.15, -0.1) is 0 Å². The molecular weight excluding hydrogens is 298 g/mol. The van der Waals surface area contributed by atoms with Gasteiger partial charge in [0, 0.05) is 38.4 Å². The van der Waals surface area contributed by atoms with Crippen LogP contribution in [0, 0.1) is 5.92 Å². The molecule has 0 bridgehead atoms. The number of benzene rings is 1. The Kier molecular flexibility index (Phi) is 5.68. The molecule has 0 saturated carbocycles. The SMILES string of the molecule is CC[C@H]1CN(C(=O)CCCn2ccnc2)CC[C@H]1c1ccccc1. The molecule has 3 rings (SSSR count). The van der Waals surface area contributed by atoms with Gasteiger partial charge in [-0.2, -0.15) is 0 Å². The molecule has 1 aliphatic heterocycles. The lowest BCUT2D eigenvalue weighted by atomic mass is 9.79. The maximum atomic E-state index is 12.5. The van der Waals surface area contributed by atoms with Crippen LogP contribution in [-0.4, -0.2) is 33.4 Å². The molecule has 24 heavy (non-hydrogen) atoms. The molecule has 0 spiro atoms. The fourth-order valence-corrected chi connectivity index (χ4v) is 3.80. The molecule has 0 aliphatic carbocycles. The van der Waals surface area contributed by atoms with E-state index < -0.39 is 0 Å². The van der Waals surface area contributed by atoms with E-state index >= 15 is 0 Å². The summed E-state index contributed by atoms with van der Waals surface area (Å²) in [6.45, 7) is 4.90. The van der Waals surface area contributed by atoms with Crippen LogP contribution < -0.4 is 0 Å². The zero-order valence-electron chi connectivity index (χ0n) is 14.5. The highest BCUT2D eigenvalue weighted by atomic mass is 16.2. The average Bonchev–Trinajstić information content (AvgIpc) is 3.15. The number of imidazole rings is 1. The summed E-state index contributed by atoms with van der Waals surface area (Å²) < 4.78 is 2.03. The van der Waals surface area contributed by atoms with Crippen molar-refractivity contribution in [1.82, 2.24) is 14.5 Å². The average molecular weight is 325 g/mol. The Morgan fingerprint density at radius 1 is 1.29 bits per heavy atom. The van der Waals surface area contributed by atoms with Gasteiger partial charge in [0.1, 0.15) is 0 Å². The summed E-state index contributed by atoms with van der Waals surface area (Å²) in [6.07, 6.45) is 9.25. The molecule has 1 fully saturated rings. The molecular formula is C20H27N3O. The minimum atomic E-state index is 0.306. The maximum absolute atomic E-state index is 12.5. The number of nitrogens with zero attached hydrogens (tertiary/aromatic N) is 3. The van der Waals surface area contributed by atoms with Crippen molar-refractivity contribution in [3.8, 4) is 0 Å². The summed E-state index contributed by atoms with van der Waals surface area (Å²) >= 11 is 0. The molecule has 1 aromatic carbocycles. The molecule has 1 saturated heterocycles. The molecule has 0 unspecified atom stereocenters. The number of hydrogen-bond donors (Lipinski definition) is 0. The zero-order chi connectivity index (χ0) is 16.8. The fourth-order valence-electron chi connectivity index (χ4n) is 3.80. The molecule has 0 N–H and O–H groups in total. The number of carbonyl (C=O) groups is 1. The van der Waals surface area contributed by atoms with Gasteiger partial charge in [0.15, 0.2) is 0 Å². The Hall–Kier alpha value is -2.10. The van der Waals surface area contributed by atoms with E-state index in [1.54, 1.807) is 6.20 Å². The van der Waals surface area contributed by atoms with Crippen LogP contribution in [0.25, 0.3) is 0 Å². The predicted molar refractivity (Wildman–Crippen MR) is 95.6 cm³/mol. The Labute approximate surface area is 144 Å². The molecule has 128 valence electrons. The van der Waals surface area contributed by atoms with E-state index in [2.05, 4.69) is 47.1 Å². The molecule has 1 aliphatic rings. The van der Waals surface area contributed by atoms with Crippen LogP contribution in [0.3, 0.4) is 0 Å². The van der Waals surface area contributed by atoms with E-state index in [0.29, 0.717) is 24.2 Å². The minimum absolute atomic E-state index is 0.306. The fraction of sp³-hybridized carbons (Fsp3) is 0.500. The molecule has 2 heterocycles. The third-order valence-electron chi connectivity index (χ3n) is 5.20. The normalized spacial score (nSPS) is 21.0. The van der Waals surface area contributed by atoms with Crippen molar-refractivity contribution in [2.75, 3.05) is 13.1 Å². The van der Waals surface area contributed by atoms with Crippen molar-refractivity contribution in [3.05, 3.63) is 54.6 Å². The number of hydrogen-bond acceptors (Lipinski definition) is 2. The molecule has 4 nitrogen and oxygen atoms in total. The molecule has 2 aromatic rings. The van der Waals surface area contributed by atoms with Crippen molar-refractivity contribution in [1.29, 1.82) is 0 Å². The van der Waals surface area contributed by atoms with Gasteiger partial charge in [-0.25, -0.2) is 4.98 Å². The second kappa shape index (κ2) is 8.13. The number of aromatic nitrogens is 2. The smallest absolute Gasteiger partial charge is 0.222 e. The van der Waals surface area contributed by atoms with E-state index in [1.807, 2.05) is 17.1 Å². The second-order valence-electron chi connectivity index (χ2n) is 6.72. The van der Waals surface area contributed by atoms with Gasteiger partial charge in [0.2, 0.25) is 5.91 Å². The molecule has 1 aromatic heterocycles. The summed E-state index contributed by atoms with van der Waals surface area (Å²) in [5, 5.41) is 0. The largest absolute Gasteiger partial charge is 0.342 e. The number of likely N-dealkylation sites (tertiary alicyclic amines) is 1. The van der Waals surface area contributed by atoms with E-state index in [0.717, 1.165) is 38.9 Å². The Balaban J connectivity index is 1.52. The van der Waals surface area contributed by atoms with Crippen molar-refractivity contribution in [2.45, 2.75) is 45.1 Å². The first-order chi connectivity index (χ1) is 11.8. The Bertz CT molecular complexity index is 624. The molecule has 1 amide bonds. The van der Waals surface area contributed by atoms with Gasteiger partial charge >= 0.3 is 0 Å². The topological polar surface area (TPSA) is 38.1 Å². The van der Waals surface area contributed by atoms with Gasteiger partial charge in [-0.3, -0.25) is 4.79 Å². The number of rotatable bonds is 6. The van der Waals surface area contributed by atoms with E-state index in [9.17, 15) is 4.79 Å². The van der Waals surface area contributed by atoms with E-state index in [4.69, 9.17) is 0 Å². The van der Waals surface area contributed by atoms with Crippen LogP contribution in [0.4, 0.5) is 0 Å². The van der Waals surface area contributed by atoms with Gasteiger partial charge in [0.05, 0.1) is 6.33 Å². The van der Waals surface area contributed by atoms with Crippen molar-refractivity contribution < 1.29 is 4.79 Å². The van der Waals surface area contributed by atoms with Gasteiger partial charge in [0.25, 0.3) is 0 Å². The number of aryl methyl sites for hydroxylation is 1. The summed E-state index contributed by atoms with van der Waals surface area (Å²) in [6, 6.07) is 10.8. The lowest BCUT2D eigenvalue weighted by Crippen LogP contribution is -2.42. The second-order valence-corrected chi connectivity index (χ2v) is 6.72. The van der Waals surface area contributed by atoms with Crippen LogP contribution in [0.1, 0.15) is 44.1 Å². The Morgan fingerprint density at radius 2 is 2.12 bits per heavy atom. The highest BCUT2D eigenvalue weighted by Crippen LogP contribution is 2.35. The monoisotopic (exact) mass is 325 g/mol. The number of amides is 1. The van der Waals surface area contributed by atoms with Crippen LogP contribution in [0.2, 0.25) is 0 Å². The van der Waals surface area contributed by atoms with Crippen molar-refractivity contribution in [3.63, 3.8) is 0 Å². The first-order valence-electron chi connectivity index (χ1n) is 9.06. The minimum Gasteiger partial charge on any atom is -0.342 e. The van der Waals surface area contributed by atoms with Crippen molar-refractivity contribution in [2.24, 2.45) is 5.92 Å². The summed E-state index contributed by atoms with van der Waals surface area (Å²) in [5.41, 5.74) is 1.43. The highest BCUT2D eigenvalue weighted by molar-refractivity contribution is 5.76. The zero-order valence-corrected chi connectivity index (χ0v) is 14.5. The van der Waals surface area contributed by atoms with Gasteiger partial charge < -0.3 is 9.47 Å². The van der Waals surface area contributed by atoms with Gasteiger partial charge in [-0.1, -0.05) is 43.7 Å². The van der Waals surface area contributed by atoms with Crippen LogP contribution in [-0.2, 0) is 11.3 Å². The molecule has 0 radical (unpaired) electrons. The summed E-state index contributed by atoms with van der Waals surface area (Å²) in [5.74, 6) is 1.46. The summed E-state index contributed by atoms with van der Waals surface area (Å²) in [4.78, 5) is 18.7. The first kappa shape index (κ1) is 16.7. The number of piperidine rings is 1. The highest BCUT2D eigenvalue weighted by Gasteiger charge is 2.30. The van der Waals surface area contributed by atoms with Gasteiger partial charge in [-0.05, 0) is 30.2 Å². The van der Waals surface area contributed by atoms with E-state index in [1.165, 1.54) is 5.56 Å². The quantitative estimate of drug-likeness (QED) is 0.812. The molecule has 2 atom stereocenters. The lowest BCUT2D eigenvalue weighted by molar-refractivity contribution is -0.133. The lowest BCUT2D eigenvalue weighted by Gasteiger charge is -2.38. The predicted octanol–water partition coefficient (Wildman–Crippen LogP) is 3.71. The first-order valence-corrected chi connectivity index (χ1v) is 9.06. The number of carbonyl (C=O) groups excluding carboxylic acids is 1. The standard InChI is InChI=1S/C20H27N3O/c1-2-17-15-23(13-10-19(17)18-7-4-3-5-8-18)20(24)9-6-12-22-14-11-21-16-22/h3-5,7-8,11,14,16-17,19H,2,6,9-10,12-13,15H2,1H3/t17-,19+/m0/s1. The Morgan fingerprint density at radius 3 is 2.83 bits per heavy atom. The van der Waals surface area contributed by atoms with E-state index in [-0.39, 0.29) is 0 Å². The maximum Gasteiger partial charge on any atom is 0.222 e.